The van der Waals surface area contributed by atoms with Gasteiger partial charge in [-0.15, -0.1) is 11.3 Å². The number of aryl methyl sites for hydroxylation is 1. The van der Waals surface area contributed by atoms with Gasteiger partial charge in [0.25, 0.3) is 0 Å². The van der Waals surface area contributed by atoms with Crippen molar-refractivity contribution in [3.63, 3.8) is 0 Å². The molecular weight excluding hydrogens is 454 g/mol. The number of aromatic nitrogens is 3. The number of hydrogen-bond acceptors (Lipinski definition) is 7. The zero-order chi connectivity index (χ0) is 24.1. The molecule has 0 fully saturated rings. The molecular formula is C25H27N3O5S. The van der Waals surface area contributed by atoms with E-state index in [2.05, 4.69) is 15.0 Å². The van der Waals surface area contributed by atoms with Crippen LogP contribution in [-0.4, -0.2) is 45.8 Å². The molecule has 34 heavy (non-hydrogen) atoms. The van der Waals surface area contributed by atoms with Crippen molar-refractivity contribution in [1.29, 1.82) is 0 Å². The molecule has 0 saturated carbocycles. The summed E-state index contributed by atoms with van der Waals surface area (Å²) in [6.45, 7) is 7.15. The van der Waals surface area contributed by atoms with Gasteiger partial charge in [-0.05, 0) is 51.1 Å². The van der Waals surface area contributed by atoms with Crippen LogP contribution < -0.4 is 14.2 Å². The van der Waals surface area contributed by atoms with Gasteiger partial charge in [-0.25, -0.2) is 9.97 Å². The van der Waals surface area contributed by atoms with Gasteiger partial charge in [0.2, 0.25) is 11.8 Å². The SMILES string of the molecule is CCOc1nc(-c2ccc(OCCCOc3ccc4[nH]c(C(C)C(=O)O)cc4c3)nc2)sc1C. The van der Waals surface area contributed by atoms with E-state index in [1.807, 2.05) is 50.2 Å². The summed E-state index contributed by atoms with van der Waals surface area (Å²) in [5, 5.41) is 11.0. The molecule has 0 amide bonds. The molecule has 0 radical (unpaired) electrons. The Labute approximate surface area is 201 Å². The number of rotatable bonds is 11. The van der Waals surface area contributed by atoms with Crippen LogP contribution in [0.2, 0.25) is 0 Å². The van der Waals surface area contributed by atoms with Crippen molar-refractivity contribution < 1.29 is 24.1 Å². The number of hydrogen-bond donors (Lipinski definition) is 2. The lowest BCUT2D eigenvalue weighted by Gasteiger charge is -2.08. The van der Waals surface area contributed by atoms with Gasteiger partial charge in [-0.2, -0.15) is 0 Å². The van der Waals surface area contributed by atoms with Crippen LogP contribution in [0, 0.1) is 6.92 Å². The molecule has 2 N–H and O–H groups in total. The number of nitrogens with one attached hydrogen (secondary N) is 1. The number of thiazole rings is 1. The van der Waals surface area contributed by atoms with E-state index in [-0.39, 0.29) is 0 Å². The fourth-order valence-corrected chi connectivity index (χ4v) is 4.23. The number of carboxylic acid groups (broad SMARTS) is 1. The first kappa shape index (κ1) is 23.6. The minimum Gasteiger partial charge on any atom is -0.493 e. The molecule has 1 aromatic carbocycles. The fourth-order valence-electron chi connectivity index (χ4n) is 3.38. The molecule has 178 valence electrons. The lowest BCUT2D eigenvalue weighted by atomic mass is 10.1. The van der Waals surface area contributed by atoms with Crippen LogP contribution in [-0.2, 0) is 4.79 Å². The van der Waals surface area contributed by atoms with Gasteiger partial charge in [0.05, 0.1) is 30.6 Å². The third-order valence-electron chi connectivity index (χ3n) is 5.28. The van der Waals surface area contributed by atoms with Crippen molar-refractivity contribution in [2.24, 2.45) is 0 Å². The number of fused-ring (bicyclic) bond motifs is 1. The average molecular weight is 482 g/mol. The van der Waals surface area contributed by atoms with E-state index in [1.165, 1.54) is 0 Å². The van der Waals surface area contributed by atoms with E-state index in [1.54, 1.807) is 24.5 Å². The molecule has 1 atom stereocenters. The van der Waals surface area contributed by atoms with Crippen molar-refractivity contribution in [2.45, 2.75) is 33.1 Å². The lowest BCUT2D eigenvalue weighted by Crippen LogP contribution is -2.07. The van der Waals surface area contributed by atoms with Gasteiger partial charge in [0, 0.05) is 40.8 Å². The summed E-state index contributed by atoms with van der Waals surface area (Å²) >= 11 is 1.58. The zero-order valence-electron chi connectivity index (χ0n) is 19.3. The molecule has 4 aromatic rings. The van der Waals surface area contributed by atoms with Crippen LogP contribution in [0.15, 0.2) is 42.6 Å². The molecule has 9 heteroatoms. The third-order valence-corrected chi connectivity index (χ3v) is 6.28. The second-order valence-electron chi connectivity index (χ2n) is 7.78. The van der Waals surface area contributed by atoms with Crippen molar-refractivity contribution in [3.05, 3.63) is 53.2 Å². The Morgan fingerprint density at radius 3 is 2.71 bits per heavy atom. The lowest BCUT2D eigenvalue weighted by molar-refractivity contribution is -0.138. The van der Waals surface area contributed by atoms with Crippen LogP contribution in [0.1, 0.15) is 36.8 Å². The summed E-state index contributed by atoms with van der Waals surface area (Å²) in [5.74, 6) is 0.509. The van der Waals surface area contributed by atoms with E-state index in [4.69, 9.17) is 14.2 Å². The van der Waals surface area contributed by atoms with Crippen LogP contribution >= 0.6 is 11.3 Å². The summed E-state index contributed by atoms with van der Waals surface area (Å²) in [5.41, 5.74) is 2.48. The monoisotopic (exact) mass is 481 g/mol. The molecule has 0 spiro atoms. The highest BCUT2D eigenvalue weighted by molar-refractivity contribution is 7.15. The minimum absolute atomic E-state index is 0.476. The maximum absolute atomic E-state index is 11.2. The molecule has 0 aliphatic rings. The summed E-state index contributed by atoms with van der Waals surface area (Å²) in [6, 6.07) is 11.3. The smallest absolute Gasteiger partial charge is 0.312 e. The van der Waals surface area contributed by atoms with Crippen molar-refractivity contribution in [3.8, 4) is 28.1 Å². The molecule has 0 aliphatic carbocycles. The highest BCUT2D eigenvalue weighted by Gasteiger charge is 2.16. The molecule has 0 bridgehead atoms. The molecule has 8 nitrogen and oxygen atoms in total. The predicted octanol–water partition coefficient (Wildman–Crippen LogP) is 5.43. The molecule has 3 heterocycles. The van der Waals surface area contributed by atoms with Gasteiger partial charge in [-0.3, -0.25) is 4.79 Å². The first-order valence-corrected chi connectivity index (χ1v) is 11.9. The molecule has 0 saturated heterocycles. The van der Waals surface area contributed by atoms with E-state index in [0.717, 1.165) is 32.1 Å². The Morgan fingerprint density at radius 1 is 1.15 bits per heavy atom. The highest BCUT2D eigenvalue weighted by atomic mass is 32.1. The molecule has 4 rings (SSSR count). The quantitative estimate of drug-likeness (QED) is 0.275. The minimum atomic E-state index is -0.860. The number of carbonyl (C=O) groups is 1. The number of aliphatic carboxylic acids is 1. The second kappa shape index (κ2) is 10.6. The maximum Gasteiger partial charge on any atom is 0.312 e. The zero-order valence-corrected chi connectivity index (χ0v) is 20.1. The van der Waals surface area contributed by atoms with E-state index in [0.29, 0.717) is 43.7 Å². The number of carboxylic acids is 1. The van der Waals surface area contributed by atoms with Crippen LogP contribution in [0.5, 0.6) is 17.5 Å². The molecule has 3 aromatic heterocycles. The summed E-state index contributed by atoms with van der Waals surface area (Å²) in [4.78, 5) is 24.3. The van der Waals surface area contributed by atoms with Crippen LogP contribution in [0.3, 0.4) is 0 Å². The first-order valence-electron chi connectivity index (χ1n) is 11.1. The second-order valence-corrected chi connectivity index (χ2v) is 8.99. The first-order chi connectivity index (χ1) is 16.4. The van der Waals surface area contributed by atoms with Crippen molar-refractivity contribution in [1.82, 2.24) is 15.0 Å². The summed E-state index contributed by atoms with van der Waals surface area (Å²) in [6.07, 6.45) is 2.45. The summed E-state index contributed by atoms with van der Waals surface area (Å²) in [7, 11) is 0. The summed E-state index contributed by atoms with van der Waals surface area (Å²) < 4.78 is 17.1. The number of benzene rings is 1. The fraction of sp³-hybridized carbons (Fsp3) is 0.320. The van der Waals surface area contributed by atoms with E-state index < -0.39 is 11.9 Å². The Bertz CT molecular complexity index is 1270. The van der Waals surface area contributed by atoms with Gasteiger partial charge in [-0.1, -0.05) is 0 Å². The van der Waals surface area contributed by atoms with E-state index in [9.17, 15) is 9.90 Å². The van der Waals surface area contributed by atoms with Crippen LogP contribution in [0.4, 0.5) is 0 Å². The average Bonchev–Trinajstić information content (AvgIpc) is 3.42. The Morgan fingerprint density at radius 2 is 1.97 bits per heavy atom. The van der Waals surface area contributed by atoms with Crippen molar-refractivity contribution >= 4 is 28.2 Å². The Hall–Kier alpha value is -3.59. The third kappa shape index (κ3) is 5.48. The Balaban J connectivity index is 1.25. The number of nitrogens with zero attached hydrogens (tertiary/aromatic N) is 2. The van der Waals surface area contributed by atoms with Gasteiger partial charge < -0.3 is 24.3 Å². The number of aromatic amines is 1. The number of pyridine rings is 1. The Kier molecular flexibility index (Phi) is 7.32. The standard InChI is InChI=1S/C25H27N3O5S/c1-4-31-23-16(3)34-24(28-23)17-6-9-22(26-14-17)33-11-5-10-32-19-7-8-20-18(12-19)13-21(27-20)15(2)25(29)30/h6-9,12-15,27H,4-5,10-11H2,1-3H3,(H,29,30). The van der Waals surface area contributed by atoms with E-state index >= 15 is 0 Å². The maximum atomic E-state index is 11.2. The van der Waals surface area contributed by atoms with Gasteiger partial charge in [0.15, 0.2) is 0 Å². The molecule has 0 aliphatic heterocycles. The number of ether oxygens (including phenoxy) is 3. The normalized spacial score (nSPS) is 12.0. The number of H-pyrrole nitrogens is 1. The highest BCUT2D eigenvalue weighted by Crippen LogP contribution is 2.32. The van der Waals surface area contributed by atoms with Crippen molar-refractivity contribution in [2.75, 3.05) is 19.8 Å². The largest absolute Gasteiger partial charge is 0.493 e. The predicted molar refractivity (Wildman–Crippen MR) is 131 cm³/mol. The van der Waals surface area contributed by atoms with Gasteiger partial charge in [0.1, 0.15) is 10.8 Å². The molecule has 1 unspecified atom stereocenters. The topological polar surface area (TPSA) is 107 Å². The van der Waals surface area contributed by atoms with Gasteiger partial charge >= 0.3 is 5.97 Å². The van der Waals surface area contributed by atoms with Crippen LogP contribution in [0.25, 0.3) is 21.5 Å².